The van der Waals surface area contributed by atoms with E-state index in [4.69, 9.17) is 0 Å². The third-order valence-corrected chi connectivity index (χ3v) is 2.99. The smallest absolute Gasteiger partial charge is 0.251 e. The molecular weight excluding hydrogens is 262 g/mol. The van der Waals surface area contributed by atoms with E-state index in [-0.39, 0.29) is 16.7 Å². The van der Waals surface area contributed by atoms with Crippen molar-refractivity contribution in [2.75, 3.05) is 18.4 Å². The second-order valence-electron chi connectivity index (χ2n) is 7.65. The molecule has 1 amide bonds. The number of amides is 1. The number of hydrogen-bond acceptors (Lipinski definition) is 3. The molecule has 0 bridgehead atoms. The molecule has 4 heteroatoms. The van der Waals surface area contributed by atoms with Crippen LogP contribution in [0.15, 0.2) is 12.1 Å². The van der Waals surface area contributed by atoms with Crippen LogP contribution in [-0.2, 0) is 5.41 Å². The second-order valence-corrected chi connectivity index (χ2v) is 7.65. The largest absolute Gasteiger partial charge is 0.370 e. The topological polar surface area (TPSA) is 54.0 Å². The van der Waals surface area contributed by atoms with Crippen molar-refractivity contribution in [3.63, 3.8) is 0 Å². The Balaban J connectivity index is 3.05. The molecule has 21 heavy (non-hydrogen) atoms. The third kappa shape index (κ3) is 5.74. The standard InChI is InChI=1S/C17H29N3O/c1-8-18-14-10-12(9-13(20-14)17(5,6)7)15(21)19-11-16(2,3)4/h9-10H,8,11H2,1-7H3,(H,18,20)(H,19,21). The van der Waals surface area contributed by atoms with Crippen molar-refractivity contribution >= 4 is 11.7 Å². The molecule has 1 heterocycles. The Morgan fingerprint density at radius 1 is 1.14 bits per heavy atom. The van der Waals surface area contributed by atoms with E-state index in [1.165, 1.54) is 0 Å². The Labute approximate surface area is 128 Å². The number of nitrogens with one attached hydrogen (secondary N) is 2. The average Bonchev–Trinajstić information content (AvgIpc) is 2.34. The van der Waals surface area contributed by atoms with Gasteiger partial charge in [-0.2, -0.15) is 0 Å². The van der Waals surface area contributed by atoms with Crippen LogP contribution >= 0.6 is 0 Å². The quantitative estimate of drug-likeness (QED) is 0.891. The lowest BCUT2D eigenvalue weighted by molar-refractivity contribution is 0.0939. The van der Waals surface area contributed by atoms with E-state index in [9.17, 15) is 4.79 Å². The van der Waals surface area contributed by atoms with Crippen LogP contribution in [0, 0.1) is 5.41 Å². The predicted molar refractivity (Wildman–Crippen MR) is 88.9 cm³/mol. The zero-order valence-corrected chi connectivity index (χ0v) is 14.4. The molecule has 0 radical (unpaired) electrons. The number of rotatable bonds is 4. The summed E-state index contributed by atoms with van der Waals surface area (Å²) < 4.78 is 0. The average molecular weight is 291 g/mol. The first-order chi connectivity index (χ1) is 9.53. The van der Waals surface area contributed by atoms with E-state index >= 15 is 0 Å². The molecule has 0 aromatic carbocycles. The van der Waals surface area contributed by atoms with Crippen LogP contribution in [-0.4, -0.2) is 24.0 Å². The van der Waals surface area contributed by atoms with Crippen LogP contribution < -0.4 is 10.6 Å². The minimum Gasteiger partial charge on any atom is -0.370 e. The molecule has 0 spiro atoms. The van der Waals surface area contributed by atoms with Crippen LogP contribution in [0.5, 0.6) is 0 Å². The molecule has 0 unspecified atom stereocenters. The van der Waals surface area contributed by atoms with Crippen molar-refractivity contribution in [3.8, 4) is 0 Å². The Bertz CT molecular complexity index is 496. The van der Waals surface area contributed by atoms with Crippen molar-refractivity contribution in [2.45, 2.75) is 53.9 Å². The Morgan fingerprint density at radius 3 is 2.24 bits per heavy atom. The van der Waals surface area contributed by atoms with E-state index < -0.39 is 0 Å². The first kappa shape index (κ1) is 17.5. The highest BCUT2D eigenvalue weighted by Crippen LogP contribution is 2.23. The Hall–Kier alpha value is -1.58. The summed E-state index contributed by atoms with van der Waals surface area (Å²) in [5.41, 5.74) is 1.56. The summed E-state index contributed by atoms with van der Waals surface area (Å²) in [5.74, 6) is 0.711. The molecule has 4 nitrogen and oxygen atoms in total. The molecule has 1 rings (SSSR count). The highest BCUT2D eigenvalue weighted by Gasteiger charge is 2.20. The maximum atomic E-state index is 12.4. The minimum absolute atomic E-state index is 0.0445. The maximum absolute atomic E-state index is 12.4. The fraction of sp³-hybridized carbons (Fsp3) is 0.647. The van der Waals surface area contributed by atoms with E-state index in [0.29, 0.717) is 12.1 Å². The Morgan fingerprint density at radius 2 is 1.76 bits per heavy atom. The summed E-state index contributed by atoms with van der Waals surface area (Å²) in [5, 5.41) is 6.19. The minimum atomic E-state index is -0.0928. The van der Waals surface area contributed by atoms with E-state index in [1.54, 1.807) is 0 Å². The normalized spacial score (nSPS) is 12.1. The molecule has 0 saturated carbocycles. The van der Waals surface area contributed by atoms with E-state index in [1.807, 2.05) is 19.1 Å². The maximum Gasteiger partial charge on any atom is 0.251 e. The molecule has 1 aromatic rings. The molecule has 118 valence electrons. The molecule has 0 aliphatic heterocycles. The first-order valence-electron chi connectivity index (χ1n) is 7.57. The van der Waals surface area contributed by atoms with Gasteiger partial charge in [0.2, 0.25) is 0 Å². The lowest BCUT2D eigenvalue weighted by Crippen LogP contribution is -2.32. The van der Waals surface area contributed by atoms with Gasteiger partial charge in [0.25, 0.3) is 5.91 Å². The van der Waals surface area contributed by atoms with Crippen LogP contribution in [0.2, 0.25) is 0 Å². The van der Waals surface area contributed by atoms with Gasteiger partial charge < -0.3 is 10.6 Å². The van der Waals surface area contributed by atoms with Crippen LogP contribution in [0.3, 0.4) is 0 Å². The fourth-order valence-corrected chi connectivity index (χ4v) is 1.77. The van der Waals surface area contributed by atoms with Gasteiger partial charge in [0, 0.05) is 29.8 Å². The van der Waals surface area contributed by atoms with Crippen molar-refractivity contribution in [2.24, 2.45) is 5.41 Å². The predicted octanol–water partition coefficient (Wildman–Crippen LogP) is 3.59. The molecule has 0 saturated heterocycles. The fourth-order valence-electron chi connectivity index (χ4n) is 1.77. The van der Waals surface area contributed by atoms with Gasteiger partial charge >= 0.3 is 0 Å². The number of aromatic nitrogens is 1. The molecule has 0 atom stereocenters. The van der Waals surface area contributed by atoms with Crippen LogP contribution in [0.25, 0.3) is 0 Å². The summed E-state index contributed by atoms with van der Waals surface area (Å²) in [6.07, 6.45) is 0. The van der Waals surface area contributed by atoms with Crippen molar-refractivity contribution in [1.82, 2.24) is 10.3 Å². The number of carbonyl (C=O) groups excluding carboxylic acids is 1. The number of hydrogen-bond donors (Lipinski definition) is 2. The lowest BCUT2D eigenvalue weighted by atomic mass is 9.90. The SMILES string of the molecule is CCNc1cc(C(=O)NCC(C)(C)C)cc(C(C)(C)C)n1. The van der Waals surface area contributed by atoms with Crippen LogP contribution in [0.1, 0.15) is 64.5 Å². The summed E-state index contributed by atoms with van der Waals surface area (Å²) in [6.45, 7) is 16.1. The van der Waals surface area contributed by atoms with Gasteiger partial charge in [0.05, 0.1) is 0 Å². The number of nitrogens with zero attached hydrogens (tertiary/aromatic N) is 1. The highest BCUT2D eigenvalue weighted by molar-refractivity contribution is 5.95. The molecular formula is C17H29N3O. The summed E-state index contributed by atoms with van der Waals surface area (Å²) >= 11 is 0. The summed E-state index contributed by atoms with van der Waals surface area (Å²) in [4.78, 5) is 17.0. The van der Waals surface area contributed by atoms with Gasteiger partial charge in [-0.25, -0.2) is 4.98 Å². The lowest BCUT2D eigenvalue weighted by Gasteiger charge is -2.21. The zero-order valence-electron chi connectivity index (χ0n) is 14.4. The molecule has 1 aromatic heterocycles. The number of carbonyl (C=O) groups is 1. The van der Waals surface area contributed by atoms with Gasteiger partial charge in [0.1, 0.15) is 5.82 Å². The summed E-state index contributed by atoms with van der Waals surface area (Å²) in [6, 6.07) is 3.70. The van der Waals surface area contributed by atoms with Gasteiger partial charge in [-0.05, 0) is 24.5 Å². The summed E-state index contributed by atoms with van der Waals surface area (Å²) in [7, 11) is 0. The number of pyridine rings is 1. The monoisotopic (exact) mass is 291 g/mol. The van der Waals surface area contributed by atoms with Crippen molar-refractivity contribution < 1.29 is 4.79 Å². The van der Waals surface area contributed by atoms with Crippen LogP contribution in [0.4, 0.5) is 5.82 Å². The van der Waals surface area contributed by atoms with Crippen molar-refractivity contribution in [1.29, 1.82) is 0 Å². The van der Waals surface area contributed by atoms with E-state index in [2.05, 4.69) is 57.2 Å². The first-order valence-corrected chi connectivity index (χ1v) is 7.57. The molecule has 2 N–H and O–H groups in total. The van der Waals surface area contributed by atoms with Crippen molar-refractivity contribution in [3.05, 3.63) is 23.4 Å². The van der Waals surface area contributed by atoms with Gasteiger partial charge in [-0.1, -0.05) is 41.5 Å². The second kappa shape index (κ2) is 6.46. The number of anilines is 1. The molecule has 0 fully saturated rings. The van der Waals surface area contributed by atoms with Gasteiger partial charge in [0.15, 0.2) is 0 Å². The van der Waals surface area contributed by atoms with Gasteiger partial charge in [-0.15, -0.1) is 0 Å². The molecule has 0 aliphatic rings. The van der Waals surface area contributed by atoms with Gasteiger partial charge in [-0.3, -0.25) is 4.79 Å². The Kier molecular flexibility index (Phi) is 5.37. The zero-order chi connectivity index (χ0) is 16.3. The highest BCUT2D eigenvalue weighted by atomic mass is 16.1. The molecule has 0 aliphatic carbocycles. The third-order valence-electron chi connectivity index (χ3n) is 2.99. The van der Waals surface area contributed by atoms with E-state index in [0.717, 1.165) is 18.1 Å².